The van der Waals surface area contributed by atoms with Crippen molar-refractivity contribution >= 4 is 11.6 Å². The van der Waals surface area contributed by atoms with Crippen molar-refractivity contribution in [1.29, 1.82) is 0 Å². The molecular weight excluding hydrogens is 326 g/mol. The van der Waals surface area contributed by atoms with Gasteiger partial charge in [-0.15, -0.1) is 0 Å². The molecule has 4 rings (SSSR count). The SMILES string of the molecule is CN1CCC(N2CCCC(C(=O)NCc3cn4ccccc4n3)C2)CC1. The molecule has 6 heteroatoms. The summed E-state index contributed by atoms with van der Waals surface area (Å²) in [4.78, 5) is 22.2. The molecule has 0 spiro atoms. The molecule has 0 radical (unpaired) electrons. The van der Waals surface area contributed by atoms with Crippen molar-refractivity contribution in [3.63, 3.8) is 0 Å². The smallest absolute Gasteiger partial charge is 0.224 e. The monoisotopic (exact) mass is 355 g/mol. The zero-order chi connectivity index (χ0) is 17.9. The van der Waals surface area contributed by atoms with Crippen LogP contribution < -0.4 is 5.32 Å². The number of aromatic nitrogens is 2. The van der Waals surface area contributed by atoms with Crippen LogP contribution in [0.1, 0.15) is 31.4 Å². The first-order valence-electron chi connectivity index (χ1n) is 9.82. The van der Waals surface area contributed by atoms with Crippen molar-refractivity contribution in [3.8, 4) is 0 Å². The van der Waals surface area contributed by atoms with Gasteiger partial charge in [0.2, 0.25) is 5.91 Å². The van der Waals surface area contributed by atoms with Crippen molar-refractivity contribution in [1.82, 2.24) is 24.5 Å². The van der Waals surface area contributed by atoms with Gasteiger partial charge in [-0.3, -0.25) is 9.69 Å². The minimum Gasteiger partial charge on any atom is -0.350 e. The van der Waals surface area contributed by atoms with Gasteiger partial charge >= 0.3 is 0 Å². The van der Waals surface area contributed by atoms with E-state index < -0.39 is 0 Å². The standard InChI is InChI=1S/C20H29N5O/c1-23-11-7-18(8-12-23)24-10-4-5-16(14-24)20(26)21-13-17-15-25-9-3-2-6-19(25)22-17/h2-3,6,9,15-16,18H,4-5,7-8,10-14H2,1H3,(H,21,26). The van der Waals surface area contributed by atoms with E-state index in [-0.39, 0.29) is 11.8 Å². The van der Waals surface area contributed by atoms with E-state index in [0.29, 0.717) is 12.6 Å². The summed E-state index contributed by atoms with van der Waals surface area (Å²) in [5, 5.41) is 3.11. The molecule has 0 aromatic carbocycles. The Morgan fingerprint density at radius 1 is 1.23 bits per heavy atom. The number of fused-ring (bicyclic) bond motifs is 1. The second-order valence-corrected chi connectivity index (χ2v) is 7.78. The fourth-order valence-corrected chi connectivity index (χ4v) is 4.31. The molecule has 1 unspecified atom stereocenters. The van der Waals surface area contributed by atoms with Crippen LogP contribution >= 0.6 is 0 Å². The van der Waals surface area contributed by atoms with E-state index in [9.17, 15) is 4.79 Å². The van der Waals surface area contributed by atoms with Crippen molar-refractivity contribution in [2.45, 2.75) is 38.3 Å². The predicted octanol–water partition coefficient (Wildman–Crippen LogP) is 1.76. The Morgan fingerprint density at radius 2 is 2.08 bits per heavy atom. The Hall–Kier alpha value is -1.92. The van der Waals surface area contributed by atoms with E-state index in [0.717, 1.165) is 37.3 Å². The van der Waals surface area contributed by atoms with Crippen LogP contribution in [0.15, 0.2) is 30.6 Å². The highest BCUT2D eigenvalue weighted by molar-refractivity contribution is 5.78. The highest BCUT2D eigenvalue weighted by Crippen LogP contribution is 2.23. The molecule has 2 aliphatic rings. The van der Waals surface area contributed by atoms with Crippen LogP contribution in [-0.2, 0) is 11.3 Å². The van der Waals surface area contributed by atoms with Gasteiger partial charge in [-0.05, 0) is 64.5 Å². The van der Waals surface area contributed by atoms with Crippen molar-refractivity contribution in [2.24, 2.45) is 5.92 Å². The molecule has 1 N–H and O–H groups in total. The lowest BCUT2D eigenvalue weighted by atomic mass is 9.93. The second-order valence-electron chi connectivity index (χ2n) is 7.78. The van der Waals surface area contributed by atoms with Crippen LogP contribution in [0.5, 0.6) is 0 Å². The largest absolute Gasteiger partial charge is 0.350 e. The van der Waals surface area contributed by atoms with E-state index in [1.807, 2.05) is 35.0 Å². The van der Waals surface area contributed by atoms with E-state index in [1.165, 1.54) is 25.9 Å². The third-order valence-corrected chi connectivity index (χ3v) is 5.89. The normalized spacial score (nSPS) is 23.3. The Morgan fingerprint density at radius 3 is 2.88 bits per heavy atom. The second kappa shape index (κ2) is 7.76. The first-order valence-corrected chi connectivity index (χ1v) is 9.82. The van der Waals surface area contributed by atoms with Gasteiger partial charge in [0, 0.05) is 25.0 Å². The Kier molecular flexibility index (Phi) is 5.22. The van der Waals surface area contributed by atoms with Crippen LogP contribution in [-0.4, -0.2) is 64.4 Å². The lowest BCUT2D eigenvalue weighted by Gasteiger charge is -2.41. The Balaban J connectivity index is 1.31. The molecule has 2 aromatic heterocycles. The number of hydrogen-bond donors (Lipinski definition) is 1. The van der Waals surface area contributed by atoms with Gasteiger partial charge in [0.05, 0.1) is 18.2 Å². The number of carbonyl (C=O) groups excluding carboxylic acids is 1. The van der Waals surface area contributed by atoms with Gasteiger partial charge in [0.1, 0.15) is 5.65 Å². The molecule has 1 amide bonds. The highest BCUT2D eigenvalue weighted by Gasteiger charge is 2.31. The van der Waals surface area contributed by atoms with Gasteiger partial charge in [-0.25, -0.2) is 4.98 Å². The average molecular weight is 355 g/mol. The number of pyridine rings is 1. The summed E-state index contributed by atoms with van der Waals surface area (Å²) >= 11 is 0. The van der Waals surface area contributed by atoms with Crippen LogP contribution in [0.25, 0.3) is 5.65 Å². The summed E-state index contributed by atoms with van der Waals surface area (Å²) in [7, 11) is 2.20. The number of nitrogens with zero attached hydrogens (tertiary/aromatic N) is 4. The van der Waals surface area contributed by atoms with E-state index >= 15 is 0 Å². The number of carbonyl (C=O) groups is 1. The summed E-state index contributed by atoms with van der Waals surface area (Å²) in [5.41, 5.74) is 1.83. The molecule has 0 bridgehead atoms. The molecule has 2 aromatic rings. The zero-order valence-electron chi connectivity index (χ0n) is 15.6. The number of nitrogens with one attached hydrogen (secondary N) is 1. The molecular formula is C20H29N5O. The van der Waals surface area contributed by atoms with E-state index in [1.54, 1.807) is 0 Å². The minimum absolute atomic E-state index is 0.112. The molecule has 2 fully saturated rings. The van der Waals surface area contributed by atoms with Crippen LogP contribution in [0.3, 0.4) is 0 Å². The summed E-state index contributed by atoms with van der Waals surface area (Å²) in [5.74, 6) is 0.292. The van der Waals surface area contributed by atoms with E-state index in [2.05, 4.69) is 27.1 Å². The zero-order valence-corrected chi connectivity index (χ0v) is 15.6. The molecule has 6 nitrogen and oxygen atoms in total. The molecule has 2 saturated heterocycles. The first-order chi connectivity index (χ1) is 12.7. The first kappa shape index (κ1) is 17.5. The number of rotatable bonds is 4. The quantitative estimate of drug-likeness (QED) is 0.908. The number of amides is 1. The average Bonchev–Trinajstić information content (AvgIpc) is 3.10. The molecule has 0 aliphatic carbocycles. The van der Waals surface area contributed by atoms with Crippen molar-refractivity contribution in [3.05, 3.63) is 36.3 Å². The summed E-state index contributed by atoms with van der Waals surface area (Å²) in [6, 6.07) is 6.59. The third kappa shape index (κ3) is 3.91. The topological polar surface area (TPSA) is 52.9 Å². The van der Waals surface area contributed by atoms with Crippen LogP contribution in [0, 0.1) is 5.92 Å². The van der Waals surface area contributed by atoms with Gasteiger partial charge in [-0.2, -0.15) is 0 Å². The van der Waals surface area contributed by atoms with Gasteiger partial charge in [0.25, 0.3) is 0 Å². The van der Waals surface area contributed by atoms with Gasteiger partial charge < -0.3 is 14.6 Å². The lowest BCUT2D eigenvalue weighted by molar-refractivity contribution is -0.127. The number of imidazole rings is 1. The van der Waals surface area contributed by atoms with Crippen molar-refractivity contribution < 1.29 is 4.79 Å². The molecule has 1 atom stereocenters. The van der Waals surface area contributed by atoms with Crippen LogP contribution in [0.2, 0.25) is 0 Å². The fraction of sp³-hybridized carbons (Fsp3) is 0.600. The molecule has 4 heterocycles. The Bertz CT molecular complexity index is 716. The lowest BCUT2D eigenvalue weighted by Crippen LogP contribution is -2.50. The number of piperidine rings is 2. The summed E-state index contributed by atoms with van der Waals surface area (Å²) in [6.07, 6.45) is 8.55. The molecule has 26 heavy (non-hydrogen) atoms. The van der Waals surface area contributed by atoms with E-state index in [4.69, 9.17) is 0 Å². The fourth-order valence-electron chi connectivity index (χ4n) is 4.31. The third-order valence-electron chi connectivity index (χ3n) is 5.89. The summed E-state index contributed by atoms with van der Waals surface area (Å²) < 4.78 is 1.99. The summed E-state index contributed by atoms with van der Waals surface area (Å²) in [6.45, 7) is 4.90. The number of hydrogen-bond acceptors (Lipinski definition) is 4. The van der Waals surface area contributed by atoms with Crippen LogP contribution in [0.4, 0.5) is 0 Å². The van der Waals surface area contributed by atoms with Crippen molar-refractivity contribution in [2.75, 3.05) is 33.2 Å². The molecule has 2 aliphatic heterocycles. The van der Waals surface area contributed by atoms with Gasteiger partial charge in [0.15, 0.2) is 0 Å². The highest BCUT2D eigenvalue weighted by atomic mass is 16.1. The van der Waals surface area contributed by atoms with Gasteiger partial charge in [-0.1, -0.05) is 6.07 Å². The Labute approximate surface area is 155 Å². The number of likely N-dealkylation sites (tertiary alicyclic amines) is 2. The molecule has 0 saturated carbocycles. The predicted molar refractivity (Wildman–Crippen MR) is 102 cm³/mol. The maximum Gasteiger partial charge on any atom is 0.224 e. The minimum atomic E-state index is 0.112. The maximum absolute atomic E-state index is 12.7. The molecule has 140 valence electrons. The maximum atomic E-state index is 12.7.